The summed E-state index contributed by atoms with van der Waals surface area (Å²) >= 11 is 1.20. The predicted molar refractivity (Wildman–Crippen MR) is 101 cm³/mol. The summed E-state index contributed by atoms with van der Waals surface area (Å²) in [7, 11) is 0. The van der Waals surface area contributed by atoms with E-state index in [1.807, 2.05) is 31.2 Å². The van der Waals surface area contributed by atoms with Crippen LogP contribution in [0, 0.1) is 6.92 Å². The van der Waals surface area contributed by atoms with Crippen molar-refractivity contribution in [2.24, 2.45) is 5.10 Å². The molecule has 0 saturated carbocycles. The van der Waals surface area contributed by atoms with Crippen molar-refractivity contribution >= 4 is 35.5 Å². The van der Waals surface area contributed by atoms with Crippen molar-refractivity contribution in [3.05, 3.63) is 59.7 Å². The zero-order valence-electron chi connectivity index (χ0n) is 13.7. The summed E-state index contributed by atoms with van der Waals surface area (Å²) in [6.07, 6.45) is 1.44. The fraction of sp³-hybridized carbons (Fsp3) is 0.167. The highest BCUT2D eigenvalue weighted by atomic mass is 32.2. The number of benzene rings is 2. The lowest BCUT2D eigenvalue weighted by Crippen LogP contribution is -2.21. The molecule has 0 unspecified atom stereocenters. The van der Waals surface area contributed by atoms with Gasteiger partial charge >= 0.3 is 0 Å². The Balaban J connectivity index is 1.66. The quantitative estimate of drug-likeness (QED) is 0.525. The van der Waals surface area contributed by atoms with Crippen molar-refractivity contribution in [3.63, 3.8) is 0 Å². The summed E-state index contributed by atoms with van der Waals surface area (Å²) in [6, 6.07) is 14.0. The van der Waals surface area contributed by atoms with Crippen LogP contribution in [0.1, 0.15) is 11.1 Å². The third-order valence-corrected chi connectivity index (χ3v) is 4.01. The van der Waals surface area contributed by atoms with Crippen molar-refractivity contribution in [1.82, 2.24) is 5.43 Å². The predicted octanol–water partition coefficient (Wildman–Crippen LogP) is 2.52. The molecule has 0 saturated heterocycles. The fourth-order valence-electron chi connectivity index (χ4n) is 1.89. The lowest BCUT2D eigenvalue weighted by molar-refractivity contribution is -0.118. The molecular weight excluding hydrogens is 338 g/mol. The zero-order chi connectivity index (χ0) is 18.1. The molecule has 130 valence electrons. The van der Waals surface area contributed by atoms with Crippen LogP contribution in [0.15, 0.2) is 53.6 Å². The van der Waals surface area contributed by atoms with E-state index in [4.69, 9.17) is 0 Å². The third kappa shape index (κ3) is 7.09. The number of phenolic OH excluding ortho intramolecular Hbond substituents is 1. The van der Waals surface area contributed by atoms with Crippen LogP contribution < -0.4 is 10.7 Å². The molecule has 2 amide bonds. The van der Waals surface area contributed by atoms with Gasteiger partial charge in [0, 0.05) is 5.69 Å². The van der Waals surface area contributed by atoms with Crippen LogP contribution in [0.2, 0.25) is 0 Å². The van der Waals surface area contributed by atoms with Crippen LogP contribution in [0.5, 0.6) is 5.75 Å². The van der Waals surface area contributed by atoms with Crippen LogP contribution in [-0.4, -0.2) is 34.6 Å². The number of hydrogen-bond acceptors (Lipinski definition) is 5. The maximum Gasteiger partial charge on any atom is 0.250 e. The molecular formula is C18H19N3O3S. The van der Waals surface area contributed by atoms with Gasteiger partial charge in [0.2, 0.25) is 11.8 Å². The van der Waals surface area contributed by atoms with E-state index in [0.29, 0.717) is 5.56 Å². The van der Waals surface area contributed by atoms with E-state index < -0.39 is 0 Å². The molecule has 0 radical (unpaired) electrons. The summed E-state index contributed by atoms with van der Waals surface area (Å²) < 4.78 is 0. The SMILES string of the molecule is Cc1ccc(NC(=O)CSCC(=O)N/N=C/c2cccc(O)c2)cc1. The number of aromatic hydroxyl groups is 1. The van der Waals surface area contributed by atoms with Crippen molar-refractivity contribution in [2.75, 3.05) is 16.8 Å². The molecule has 0 atom stereocenters. The van der Waals surface area contributed by atoms with Gasteiger partial charge in [-0.05, 0) is 36.8 Å². The van der Waals surface area contributed by atoms with Crippen LogP contribution >= 0.6 is 11.8 Å². The third-order valence-electron chi connectivity index (χ3n) is 3.07. The van der Waals surface area contributed by atoms with E-state index >= 15 is 0 Å². The molecule has 0 fully saturated rings. The van der Waals surface area contributed by atoms with Crippen LogP contribution in [0.4, 0.5) is 5.69 Å². The summed E-state index contributed by atoms with van der Waals surface area (Å²) in [5.74, 6) is -0.0316. The first-order valence-electron chi connectivity index (χ1n) is 7.58. The molecule has 0 bridgehead atoms. The molecule has 7 heteroatoms. The van der Waals surface area contributed by atoms with Gasteiger partial charge in [-0.15, -0.1) is 11.8 Å². The number of hydrogen-bond donors (Lipinski definition) is 3. The Morgan fingerprint density at radius 1 is 1.12 bits per heavy atom. The number of rotatable bonds is 7. The van der Waals surface area contributed by atoms with Crippen molar-refractivity contribution < 1.29 is 14.7 Å². The topological polar surface area (TPSA) is 90.8 Å². The maximum absolute atomic E-state index is 11.8. The number of aryl methyl sites for hydroxylation is 1. The number of nitrogens with one attached hydrogen (secondary N) is 2. The summed E-state index contributed by atoms with van der Waals surface area (Å²) in [4.78, 5) is 23.4. The average molecular weight is 357 g/mol. The van der Waals surface area contributed by atoms with Gasteiger partial charge in [-0.2, -0.15) is 5.10 Å². The molecule has 2 aromatic rings. The monoisotopic (exact) mass is 357 g/mol. The van der Waals surface area contributed by atoms with Crippen molar-refractivity contribution in [3.8, 4) is 5.75 Å². The number of nitrogens with zero attached hydrogens (tertiary/aromatic N) is 1. The minimum atomic E-state index is -0.301. The van der Waals surface area contributed by atoms with Crippen molar-refractivity contribution in [1.29, 1.82) is 0 Å². The van der Waals surface area contributed by atoms with E-state index in [0.717, 1.165) is 11.3 Å². The smallest absolute Gasteiger partial charge is 0.250 e. The van der Waals surface area contributed by atoms with E-state index in [2.05, 4.69) is 15.8 Å². The zero-order valence-corrected chi connectivity index (χ0v) is 14.5. The molecule has 0 aromatic heterocycles. The summed E-state index contributed by atoms with van der Waals surface area (Å²) in [5, 5.41) is 15.9. The Labute approximate surface area is 150 Å². The Kier molecular flexibility index (Phi) is 7.03. The van der Waals surface area contributed by atoms with Crippen LogP contribution in [0.3, 0.4) is 0 Å². The molecule has 6 nitrogen and oxygen atoms in total. The van der Waals surface area contributed by atoms with E-state index in [9.17, 15) is 14.7 Å². The second-order valence-corrected chi connectivity index (χ2v) is 6.28. The van der Waals surface area contributed by atoms with Gasteiger partial charge in [0.25, 0.3) is 0 Å². The van der Waals surface area contributed by atoms with E-state index in [1.165, 1.54) is 24.0 Å². The second-order valence-electron chi connectivity index (χ2n) is 5.30. The molecule has 2 rings (SSSR count). The van der Waals surface area contributed by atoms with Crippen LogP contribution in [0.25, 0.3) is 0 Å². The average Bonchev–Trinajstić information content (AvgIpc) is 2.57. The normalized spacial score (nSPS) is 10.6. The van der Waals surface area contributed by atoms with Crippen molar-refractivity contribution in [2.45, 2.75) is 6.92 Å². The summed E-state index contributed by atoms with van der Waals surface area (Å²) in [6.45, 7) is 1.98. The molecule has 0 aliphatic heterocycles. The summed E-state index contributed by atoms with van der Waals surface area (Å²) in [5.41, 5.74) is 4.90. The molecule has 0 spiro atoms. The largest absolute Gasteiger partial charge is 0.508 e. The van der Waals surface area contributed by atoms with Gasteiger partial charge in [0.1, 0.15) is 5.75 Å². The van der Waals surface area contributed by atoms with E-state index in [1.54, 1.807) is 18.2 Å². The number of phenols is 1. The molecule has 2 aromatic carbocycles. The Hall–Kier alpha value is -2.80. The number of carbonyl (C=O) groups excluding carboxylic acids is 2. The molecule has 0 aliphatic rings. The lowest BCUT2D eigenvalue weighted by Gasteiger charge is -2.05. The number of amides is 2. The Morgan fingerprint density at radius 2 is 1.84 bits per heavy atom. The van der Waals surface area contributed by atoms with Gasteiger partial charge in [0.05, 0.1) is 17.7 Å². The maximum atomic E-state index is 11.8. The van der Waals surface area contributed by atoms with E-state index in [-0.39, 0.29) is 29.1 Å². The molecule has 3 N–H and O–H groups in total. The molecule has 0 heterocycles. The number of hydrazone groups is 1. The Morgan fingerprint density at radius 3 is 2.56 bits per heavy atom. The van der Waals surface area contributed by atoms with Crippen LogP contribution in [-0.2, 0) is 9.59 Å². The standard InChI is InChI=1S/C18H19N3O3S/c1-13-5-7-15(8-6-13)20-17(23)11-25-12-18(24)21-19-10-14-3-2-4-16(22)9-14/h2-10,22H,11-12H2,1H3,(H,20,23)(H,21,24)/b19-10+. The molecule has 0 aliphatic carbocycles. The minimum absolute atomic E-state index is 0.124. The number of thioether (sulfide) groups is 1. The number of carbonyl (C=O) groups is 2. The Bertz CT molecular complexity index is 760. The second kappa shape index (κ2) is 9.48. The molecule has 25 heavy (non-hydrogen) atoms. The lowest BCUT2D eigenvalue weighted by atomic mass is 10.2. The van der Waals surface area contributed by atoms with Gasteiger partial charge < -0.3 is 10.4 Å². The highest BCUT2D eigenvalue weighted by Gasteiger charge is 2.05. The van der Waals surface area contributed by atoms with Gasteiger partial charge in [-0.1, -0.05) is 29.8 Å². The first-order valence-corrected chi connectivity index (χ1v) is 8.73. The number of anilines is 1. The fourth-order valence-corrected chi connectivity index (χ4v) is 2.50. The van der Waals surface area contributed by atoms with Gasteiger partial charge in [0.15, 0.2) is 0 Å². The first-order chi connectivity index (χ1) is 12.0. The van der Waals surface area contributed by atoms with Gasteiger partial charge in [-0.25, -0.2) is 5.43 Å². The van der Waals surface area contributed by atoms with Gasteiger partial charge in [-0.3, -0.25) is 9.59 Å². The highest BCUT2D eigenvalue weighted by Crippen LogP contribution is 2.10. The highest BCUT2D eigenvalue weighted by molar-refractivity contribution is 8.00. The minimum Gasteiger partial charge on any atom is -0.508 e. The first kappa shape index (κ1) is 18.5.